The Hall–Kier alpha value is -2.38. The number of nitrogens with zero attached hydrogens (tertiary/aromatic N) is 4. The normalized spacial score (nSPS) is 10.6. The molecule has 3 rings (SSSR count). The summed E-state index contributed by atoms with van der Waals surface area (Å²) in [6, 6.07) is 15.1. The lowest BCUT2D eigenvalue weighted by atomic mass is 10.2. The Morgan fingerprint density at radius 3 is 2.72 bits per heavy atom. The number of carbonyl (C=O) groups excluding carboxylic acids is 1. The van der Waals surface area contributed by atoms with Gasteiger partial charge in [0.15, 0.2) is 0 Å². The third-order valence-corrected chi connectivity index (χ3v) is 4.68. The molecule has 0 bridgehead atoms. The van der Waals surface area contributed by atoms with Crippen LogP contribution in [0.15, 0.2) is 53.7 Å². The van der Waals surface area contributed by atoms with Gasteiger partial charge in [0.25, 0.3) is 0 Å². The van der Waals surface area contributed by atoms with Crippen molar-refractivity contribution in [1.29, 1.82) is 0 Å². The Balaban J connectivity index is 1.56. The lowest BCUT2D eigenvalue weighted by Crippen LogP contribution is -2.12. The van der Waals surface area contributed by atoms with Gasteiger partial charge in [0.05, 0.1) is 16.4 Å². The average Bonchev–Trinajstić information content (AvgIpc) is 3.06. The van der Waals surface area contributed by atoms with Crippen molar-refractivity contribution in [2.24, 2.45) is 0 Å². The van der Waals surface area contributed by atoms with E-state index >= 15 is 0 Å². The molecule has 0 fully saturated rings. The van der Waals surface area contributed by atoms with E-state index in [0.29, 0.717) is 28.0 Å². The second kappa shape index (κ2) is 8.13. The van der Waals surface area contributed by atoms with Crippen molar-refractivity contribution >= 4 is 35.0 Å². The van der Waals surface area contributed by atoms with Gasteiger partial charge < -0.3 is 5.32 Å². The van der Waals surface area contributed by atoms with Gasteiger partial charge in [-0.25, -0.2) is 0 Å². The van der Waals surface area contributed by atoms with Crippen LogP contribution in [0.4, 0.5) is 5.69 Å². The van der Waals surface area contributed by atoms with Crippen LogP contribution in [0.5, 0.6) is 0 Å². The average molecular weight is 374 g/mol. The van der Waals surface area contributed by atoms with E-state index in [1.54, 1.807) is 16.8 Å². The molecule has 0 radical (unpaired) electrons. The van der Waals surface area contributed by atoms with Gasteiger partial charge in [-0.1, -0.05) is 53.2 Å². The summed E-state index contributed by atoms with van der Waals surface area (Å²) in [5.41, 5.74) is 2.67. The fourth-order valence-electron chi connectivity index (χ4n) is 2.13. The van der Waals surface area contributed by atoms with Crippen LogP contribution in [0.1, 0.15) is 12.0 Å². The number of amides is 1. The summed E-state index contributed by atoms with van der Waals surface area (Å²) >= 11 is 7.46. The second-order valence-electron chi connectivity index (χ2n) is 5.34. The SMILES string of the molecule is Cc1ccc(-n2nnnc2SCCC(=O)Nc2ccccc2Cl)cc1. The standard InChI is InChI=1S/C17H16ClN5OS/c1-12-6-8-13(9-7-12)23-17(20-21-22-23)25-11-10-16(24)19-15-5-3-2-4-14(15)18/h2-9H,10-11H2,1H3,(H,19,24). The highest BCUT2D eigenvalue weighted by atomic mass is 35.5. The number of hydrogen-bond acceptors (Lipinski definition) is 5. The van der Waals surface area contributed by atoms with E-state index in [9.17, 15) is 4.79 Å². The van der Waals surface area contributed by atoms with Gasteiger partial charge in [0.2, 0.25) is 11.1 Å². The van der Waals surface area contributed by atoms with Crippen LogP contribution in [-0.4, -0.2) is 31.9 Å². The summed E-state index contributed by atoms with van der Waals surface area (Å²) in [5.74, 6) is 0.456. The smallest absolute Gasteiger partial charge is 0.225 e. The van der Waals surface area contributed by atoms with Crippen LogP contribution in [0.3, 0.4) is 0 Å². The highest BCUT2D eigenvalue weighted by Gasteiger charge is 2.11. The number of benzene rings is 2. The van der Waals surface area contributed by atoms with E-state index in [1.165, 1.54) is 17.3 Å². The highest BCUT2D eigenvalue weighted by molar-refractivity contribution is 7.99. The third kappa shape index (κ3) is 4.58. The van der Waals surface area contributed by atoms with E-state index in [-0.39, 0.29) is 5.91 Å². The maximum Gasteiger partial charge on any atom is 0.225 e. The number of para-hydroxylation sites is 1. The Labute approximate surface area is 154 Å². The zero-order valence-corrected chi connectivity index (χ0v) is 15.1. The van der Waals surface area contributed by atoms with Crippen LogP contribution in [0, 0.1) is 6.92 Å². The molecule has 3 aromatic rings. The highest BCUT2D eigenvalue weighted by Crippen LogP contribution is 2.22. The molecule has 0 atom stereocenters. The van der Waals surface area contributed by atoms with Gasteiger partial charge >= 0.3 is 0 Å². The van der Waals surface area contributed by atoms with Gasteiger partial charge in [-0.2, -0.15) is 4.68 Å². The molecule has 0 saturated carbocycles. The van der Waals surface area contributed by atoms with Crippen LogP contribution in [-0.2, 0) is 4.79 Å². The van der Waals surface area contributed by atoms with Crippen molar-refractivity contribution in [3.63, 3.8) is 0 Å². The number of nitrogens with one attached hydrogen (secondary N) is 1. The molecule has 1 amide bonds. The van der Waals surface area contributed by atoms with Crippen LogP contribution < -0.4 is 5.32 Å². The van der Waals surface area contributed by atoms with E-state index in [4.69, 9.17) is 11.6 Å². The number of anilines is 1. The molecule has 6 nitrogen and oxygen atoms in total. The van der Waals surface area contributed by atoms with Gasteiger partial charge in [-0.3, -0.25) is 4.79 Å². The molecular formula is C17H16ClN5OS. The summed E-state index contributed by atoms with van der Waals surface area (Å²) in [7, 11) is 0. The van der Waals surface area contributed by atoms with E-state index in [1.807, 2.05) is 43.3 Å². The first kappa shape index (κ1) is 17.4. The molecule has 25 heavy (non-hydrogen) atoms. The Kier molecular flexibility index (Phi) is 5.67. The molecule has 0 aliphatic heterocycles. The summed E-state index contributed by atoms with van der Waals surface area (Å²) in [5, 5.41) is 15.7. The van der Waals surface area contributed by atoms with E-state index < -0.39 is 0 Å². The fraction of sp³-hybridized carbons (Fsp3) is 0.176. The van der Waals surface area contributed by atoms with Crippen molar-refractivity contribution in [1.82, 2.24) is 20.2 Å². The number of aryl methyl sites for hydroxylation is 1. The maximum atomic E-state index is 12.0. The minimum absolute atomic E-state index is 0.102. The zero-order valence-electron chi connectivity index (χ0n) is 13.5. The number of carbonyl (C=O) groups is 1. The van der Waals surface area contributed by atoms with Crippen LogP contribution >= 0.6 is 23.4 Å². The van der Waals surface area contributed by atoms with Crippen molar-refractivity contribution in [3.05, 3.63) is 59.1 Å². The van der Waals surface area contributed by atoms with Gasteiger partial charge in [0, 0.05) is 12.2 Å². The predicted octanol–water partition coefficient (Wildman–Crippen LogP) is 3.75. The van der Waals surface area contributed by atoms with E-state index in [2.05, 4.69) is 20.8 Å². The number of halogens is 1. The molecule has 1 N–H and O–H groups in total. The molecule has 128 valence electrons. The predicted molar refractivity (Wildman–Crippen MR) is 99.3 cm³/mol. The Bertz CT molecular complexity index is 865. The molecule has 0 spiro atoms. The number of thioether (sulfide) groups is 1. The Morgan fingerprint density at radius 1 is 1.20 bits per heavy atom. The van der Waals surface area contributed by atoms with Gasteiger partial charge in [0.1, 0.15) is 0 Å². The number of tetrazole rings is 1. The second-order valence-corrected chi connectivity index (χ2v) is 6.80. The number of hydrogen-bond donors (Lipinski definition) is 1. The lowest BCUT2D eigenvalue weighted by Gasteiger charge is -2.07. The first-order chi connectivity index (χ1) is 12.1. The fourth-order valence-corrected chi connectivity index (χ4v) is 3.14. The third-order valence-electron chi connectivity index (χ3n) is 3.43. The molecule has 0 unspecified atom stereocenters. The van der Waals surface area contributed by atoms with Crippen molar-refractivity contribution in [3.8, 4) is 5.69 Å². The zero-order chi connectivity index (χ0) is 17.6. The molecular weight excluding hydrogens is 358 g/mol. The minimum atomic E-state index is -0.102. The summed E-state index contributed by atoms with van der Waals surface area (Å²) in [6.45, 7) is 2.02. The summed E-state index contributed by atoms with van der Waals surface area (Å²) < 4.78 is 1.66. The first-order valence-electron chi connectivity index (χ1n) is 7.66. The monoisotopic (exact) mass is 373 g/mol. The molecule has 2 aromatic carbocycles. The minimum Gasteiger partial charge on any atom is -0.325 e. The number of rotatable bonds is 6. The van der Waals surface area contributed by atoms with Crippen molar-refractivity contribution < 1.29 is 4.79 Å². The van der Waals surface area contributed by atoms with Gasteiger partial charge in [-0.15, -0.1) is 5.10 Å². The first-order valence-corrected chi connectivity index (χ1v) is 9.02. The molecule has 0 aliphatic carbocycles. The van der Waals surface area contributed by atoms with Crippen molar-refractivity contribution in [2.75, 3.05) is 11.1 Å². The Morgan fingerprint density at radius 2 is 1.96 bits per heavy atom. The molecule has 1 aromatic heterocycles. The molecule has 0 aliphatic rings. The van der Waals surface area contributed by atoms with Gasteiger partial charge in [-0.05, 0) is 41.6 Å². The largest absolute Gasteiger partial charge is 0.325 e. The molecule has 1 heterocycles. The topological polar surface area (TPSA) is 72.7 Å². The summed E-state index contributed by atoms with van der Waals surface area (Å²) in [6.07, 6.45) is 0.330. The number of aromatic nitrogens is 4. The summed E-state index contributed by atoms with van der Waals surface area (Å²) in [4.78, 5) is 12.0. The van der Waals surface area contributed by atoms with Crippen LogP contribution in [0.25, 0.3) is 5.69 Å². The molecule has 8 heteroatoms. The lowest BCUT2D eigenvalue weighted by molar-refractivity contribution is -0.115. The maximum absolute atomic E-state index is 12.0. The molecule has 0 saturated heterocycles. The van der Waals surface area contributed by atoms with Crippen molar-refractivity contribution in [2.45, 2.75) is 18.5 Å². The quantitative estimate of drug-likeness (QED) is 0.666. The van der Waals surface area contributed by atoms with Crippen LogP contribution in [0.2, 0.25) is 5.02 Å². The van der Waals surface area contributed by atoms with E-state index in [0.717, 1.165) is 5.69 Å².